The summed E-state index contributed by atoms with van der Waals surface area (Å²) in [6.45, 7) is 0.451. The number of aryl methyl sites for hydroxylation is 3. The molecule has 0 spiro atoms. The number of fused-ring (bicyclic) bond motifs is 1. The summed E-state index contributed by atoms with van der Waals surface area (Å²) in [7, 11) is 0. The molecule has 5 heteroatoms. The number of hydrazine groups is 1. The molecule has 29 heavy (non-hydrogen) atoms. The minimum atomic E-state index is -0.452. The second-order valence-corrected chi connectivity index (χ2v) is 8.28. The summed E-state index contributed by atoms with van der Waals surface area (Å²) in [6.07, 6.45) is 6.13. The van der Waals surface area contributed by atoms with Crippen LogP contribution in [0.15, 0.2) is 48.5 Å². The standard InChI is InChI=1S/C24H29N3O2/c25-27-16-20(23(28)11-4-8-17-6-2-1-3-7-17)15-22(27)24(29)26-21-13-12-18-9-5-10-19(18)14-21/h1-3,6-7,12-14,20,22H,4-5,8-11,15-16,25H2,(H,26,29)/t20-,22-/m0/s1. The molecule has 152 valence electrons. The number of Topliss-reactive ketones (excluding diaryl/α,β-unsaturated/α-hetero) is 1. The van der Waals surface area contributed by atoms with Gasteiger partial charge in [-0.3, -0.25) is 15.4 Å². The van der Waals surface area contributed by atoms with Crippen molar-refractivity contribution in [3.05, 3.63) is 65.2 Å². The van der Waals surface area contributed by atoms with Crippen LogP contribution in [-0.2, 0) is 28.9 Å². The fraction of sp³-hybridized carbons (Fsp3) is 0.417. The van der Waals surface area contributed by atoms with Crippen LogP contribution in [0.3, 0.4) is 0 Å². The van der Waals surface area contributed by atoms with Crippen LogP contribution >= 0.6 is 0 Å². The first kappa shape index (κ1) is 19.8. The van der Waals surface area contributed by atoms with Crippen molar-refractivity contribution >= 4 is 17.4 Å². The Hall–Kier alpha value is -2.50. The monoisotopic (exact) mass is 391 g/mol. The van der Waals surface area contributed by atoms with E-state index in [0.29, 0.717) is 19.4 Å². The number of nitrogens with two attached hydrogens (primary N) is 1. The Morgan fingerprint density at radius 2 is 1.86 bits per heavy atom. The van der Waals surface area contributed by atoms with Gasteiger partial charge >= 0.3 is 0 Å². The summed E-state index contributed by atoms with van der Waals surface area (Å²) in [5.41, 5.74) is 4.77. The number of carbonyl (C=O) groups is 2. The zero-order valence-electron chi connectivity index (χ0n) is 16.8. The van der Waals surface area contributed by atoms with E-state index < -0.39 is 6.04 Å². The SMILES string of the molecule is NN1C[C@@H](C(=O)CCCc2ccccc2)C[C@H]1C(=O)Nc1ccc2c(c1)CCC2. The molecular weight excluding hydrogens is 362 g/mol. The molecule has 3 N–H and O–H groups in total. The summed E-state index contributed by atoms with van der Waals surface area (Å²) in [5.74, 6) is 6.02. The van der Waals surface area contributed by atoms with E-state index >= 15 is 0 Å². The number of nitrogens with zero attached hydrogens (tertiary/aromatic N) is 1. The highest BCUT2D eigenvalue weighted by Gasteiger charge is 2.38. The molecule has 4 rings (SSSR count). The normalized spacial score (nSPS) is 21.1. The van der Waals surface area contributed by atoms with Gasteiger partial charge in [-0.25, -0.2) is 5.01 Å². The lowest BCUT2D eigenvalue weighted by molar-refractivity contribution is -0.122. The summed E-state index contributed by atoms with van der Waals surface area (Å²) in [6, 6.07) is 15.9. The summed E-state index contributed by atoms with van der Waals surface area (Å²) < 4.78 is 0. The molecule has 1 aliphatic heterocycles. The molecule has 2 aromatic carbocycles. The highest BCUT2D eigenvalue weighted by molar-refractivity contribution is 5.96. The third-order valence-electron chi connectivity index (χ3n) is 6.19. The Kier molecular flexibility index (Phi) is 6.07. The Labute approximate surface area is 172 Å². The molecule has 0 bridgehead atoms. The van der Waals surface area contributed by atoms with Crippen molar-refractivity contribution in [2.24, 2.45) is 11.8 Å². The fourth-order valence-corrected chi connectivity index (χ4v) is 4.54. The van der Waals surface area contributed by atoms with Crippen molar-refractivity contribution in [1.82, 2.24) is 5.01 Å². The van der Waals surface area contributed by atoms with Gasteiger partial charge in [0.05, 0.1) is 0 Å². The average Bonchev–Trinajstić information content (AvgIpc) is 3.35. The summed E-state index contributed by atoms with van der Waals surface area (Å²) in [4.78, 5) is 25.4. The second kappa shape index (κ2) is 8.89. The van der Waals surface area contributed by atoms with Crippen LogP contribution in [0.4, 0.5) is 5.69 Å². The Bertz CT molecular complexity index is 881. The lowest BCUT2D eigenvalue weighted by Crippen LogP contribution is -2.43. The Morgan fingerprint density at radius 3 is 2.69 bits per heavy atom. The second-order valence-electron chi connectivity index (χ2n) is 8.28. The van der Waals surface area contributed by atoms with Crippen LogP contribution in [0.5, 0.6) is 0 Å². The molecule has 0 aromatic heterocycles. The minimum absolute atomic E-state index is 0.120. The molecule has 2 aliphatic rings. The van der Waals surface area contributed by atoms with E-state index in [1.165, 1.54) is 28.1 Å². The number of hydrogen-bond donors (Lipinski definition) is 2. The molecule has 1 fully saturated rings. The quantitative estimate of drug-likeness (QED) is 0.711. The van der Waals surface area contributed by atoms with Gasteiger partial charge in [0, 0.05) is 24.6 Å². The van der Waals surface area contributed by atoms with E-state index in [0.717, 1.165) is 31.4 Å². The van der Waals surface area contributed by atoms with Gasteiger partial charge < -0.3 is 5.32 Å². The van der Waals surface area contributed by atoms with Gasteiger partial charge in [-0.1, -0.05) is 36.4 Å². The lowest BCUT2D eigenvalue weighted by atomic mass is 9.95. The highest BCUT2D eigenvalue weighted by Crippen LogP contribution is 2.27. The number of ketones is 1. The molecule has 2 atom stereocenters. The number of carbonyl (C=O) groups excluding carboxylic acids is 2. The van der Waals surface area contributed by atoms with Crippen LogP contribution in [0, 0.1) is 5.92 Å². The Balaban J connectivity index is 1.28. The first-order valence-corrected chi connectivity index (χ1v) is 10.6. The first-order chi connectivity index (χ1) is 14.1. The van der Waals surface area contributed by atoms with Gasteiger partial charge in [-0.15, -0.1) is 0 Å². The minimum Gasteiger partial charge on any atom is -0.325 e. The number of rotatable bonds is 7. The molecule has 1 saturated heterocycles. The van der Waals surface area contributed by atoms with Crippen molar-refractivity contribution in [2.45, 2.75) is 51.0 Å². The van der Waals surface area contributed by atoms with E-state index in [1.807, 2.05) is 24.3 Å². The maximum atomic E-state index is 12.7. The maximum absolute atomic E-state index is 12.7. The van der Waals surface area contributed by atoms with E-state index in [-0.39, 0.29) is 17.6 Å². The molecule has 5 nitrogen and oxygen atoms in total. The van der Waals surface area contributed by atoms with Crippen molar-refractivity contribution in [3.63, 3.8) is 0 Å². The first-order valence-electron chi connectivity index (χ1n) is 10.6. The van der Waals surface area contributed by atoms with E-state index in [1.54, 1.807) is 0 Å². The summed E-state index contributed by atoms with van der Waals surface area (Å²) >= 11 is 0. The molecule has 1 aliphatic carbocycles. The zero-order chi connectivity index (χ0) is 20.2. The van der Waals surface area contributed by atoms with Gasteiger partial charge in [-0.05, 0) is 67.3 Å². The average molecular weight is 392 g/mol. The maximum Gasteiger partial charge on any atom is 0.243 e. The molecule has 0 radical (unpaired) electrons. The predicted octanol–water partition coefficient (Wildman–Crippen LogP) is 3.27. The number of nitrogens with one attached hydrogen (secondary N) is 1. The number of hydrogen-bond acceptors (Lipinski definition) is 4. The Morgan fingerprint density at radius 1 is 1.07 bits per heavy atom. The predicted molar refractivity (Wildman–Crippen MR) is 114 cm³/mol. The summed E-state index contributed by atoms with van der Waals surface area (Å²) in [5, 5.41) is 4.53. The molecule has 1 heterocycles. The third kappa shape index (κ3) is 4.74. The van der Waals surface area contributed by atoms with Crippen molar-refractivity contribution in [3.8, 4) is 0 Å². The lowest BCUT2D eigenvalue weighted by Gasteiger charge is -2.18. The smallest absolute Gasteiger partial charge is 0.243 e. The van der Waals surface area contributed by atoms with Gasteiger partial charge in [0.2, 0.25) is 5.91 Å². The number of benzene rings is 2. The van der Waals surface area contributed by atoms with Crippen molar-refractivity contribution < 1.29 is 9.59 Å². The topological polar surface area (TPSA) is 75.4 Å². The molecule has 0 unspecified atom stereocenters. The van der Waals surface area contributed by atoms with E-state index in [4.69, 9.17) is 5.84 Å². The van der Waals surface area contributed by atoms with Gasteiger partial charge in [0.15, 0.2) is 0 Å². The van der Waals surface area contributed by atoms with Crippen LogP contribution < -0.4 is 11.2 Å². The van der Waals surface area contributed by atoms with Crippen LogP contribution in [0.2, 0.25) is 0 Å². The molecule has 2 aromatic rings. The highest BCUT2D eigenvalue weighted by atomic mass is 16.2. The van der Waals surface area contributed by atoms with Crippen LogP contribution in [-0.4, -0.2) is 29.3 Å². The number of anilines is 1. The van der Waals surface area contributed by atoms with E-state index in [9.17, 15) is 9.59 Å². The molecule has 0 saturated carbocycles. The molecule has 1 amide bonds. The van der Waals surface area contributed by atoms with E-state index in [2.05, 4.69) is 29.6 Å². The van der Waals surface area contributed by atoms with Crippen molar-refractivity contribution in [2.75, 3.05) is 11.9 Å². The van der Waals surface area contributed by atoms with Crippen molar-refractivity contribution in [1.29, 1.82) is 0 Å². The van der Waals surface area contributed by atoms with Crippen LogP contribution in [0.25, 0.3) is 0 Å². The zero-order valence-corrected chi connectivity index (χ0v) is 16.8. The van der Waals surface area contributed by atoms with Gasteiger partial charge in [-0.2, -0.15) is 0 Å². The number of amides is 1. The fourth-order valence-electron chi connectivity index (χ4n) is 4.54. The van der Waals surface area contributed by atoms with Gasteiger partial charge in [0.1, 0.15) is 11.8 Å². The third-order valence-corrected chi connectivity index (χ3v) is 6.19. The largest absolute Gasteiger partial charge is 0.325 e. The van der Waals surface area contributed by atoms with Crippen LogP contribution in [0.1, 0.15) is 42.4 Å². The van der Waals surface area contributed by atoms with Gasteiger partial charge in [0.25, 0.3) is 0 Å². The molecular formula is C24H29N3O2.